The number of carbonyl (C=O) groups is 1. The molecule has 7 nitrogen and oxygen atoms in total. The molecule has 4 aromatic rings. The lowest BCUT2D eigenvalue weighted by molar-refractivity contribution is -0.118. The highest BCUT2D eigenvalue weighted by Gasteiger charge is 2.14. The number of ether oxygens (including phenoxy) is 2. The van der Waals surface area contributed by atoms with Gasteiger partial charge in [-0.05, 0) is 36.4 Å². The number of carbonyl (C=O) groups excluding carboxylic acids is 1. The van der Waals surface area contributed by atoms with Gasteiger partial charge in [0.15, 0.2) is 6.61 Å². The fraction of sp³-hybridized carbons (Fsp3) is 0.0870. The van der Waals surface area contributed by atoms with Crippen molar-refractivity contribution in [3.63, 3.8) is 0 Å². The number of methoxy groups -OCH3 is 1. The van der Waals surface area contributed by atoms with E-state index in [9.17, 15) is 9.18 Å². The molecule has 3 aromatic carbocycles. The summed E-state index contributed by atoms with van der Waals surface area (Å²) in [6.45, 7) is -0.200. The second kappa shape index (κ2) is 9.08. The van der Waals surface area contributed by atoms with Gasteiger partial charge in [-0.3, -0.25) is 4.79 Å². The zero-order valence-electron chi connectivity index (χ0n) is 16.5. The van der Waals surface area contributed by atoms with Crippen molar-refractivity contribution < 1.29 is 23.2 Å². The highest BCUT2D eigenvalue weighted by atomic mass is 19.1. The SMILES string of the molecule is COc1ccccc1NC(=O)COc1cccc(-c2noc(-c3ccccc3F)n2)c1. The summed E-state index contributed by atoms with van der Waals surface area (Å²) in [6, 6.07) is 20.1. The van der Waals surface area contributed by atoms with Crippen molar-refractivity contribution in [1.29, 1.82) is 0 Å². The highest BCUT2D eigenvalue weighted by molar-refractivity contribution is 5.93. The number of hydrogen-bond donors (Lipinski definition) is 1. The second-order valence-corrected chi connectivity index (χ2v) is 6.47. The van der Waals surface area contributed by atoms with Gasteiger partial charge in [0, 0.05) is 5.56 Å². The molecule has 1 amide bonds. The molecule has 0 unspecified atom stereocenters. The van der Waals surface area contributed by atoms with E-state index >= 15 is 0 Å². The standard InChI is InChI=1S/C23H18FN3O4/c1-29-20-12-5-4-11-19(20)25-21(28)14-30-16-8-6-7-15(13-16)22-26-23(31-27-22)17-9-2-3-10-18(17)24/h2-13H,14H2,1H3,(H,25,28). The molecular weight excluding hydrogens is 401 g/mol. The van der Waals surface area contributed by atoms with E-state index in [1.807, 2.05) is 6.07 Å². The molecule has 0 radical (unpaired) electrons. The van der Waals surface area contributed by atoms with Crippen LogP contribution in [0.5, 0.6) is 11.5 Å². The minimum atomic E-state index is -0.448. The van der Waals surface area contributed by atoms with Crippen molar-refractivity contribution in [1.82, 2.24) is 10.1 Å². The van der Waals surface area contributed by atoms with Crippen LogP contribution in [0.1, 0.15) is 0 Å². The average molecular weight is 419 g/mol. The van der Waals surface area contributed by atoms with Crippen LogP contribution in [-0.2, 0) is 4.79 Å². The Morgan fingerprint density at radius 3 is 2.71 bits per heavy atom. The maximum Gasteiger partial charge on any atom is 0.262 e. The van der Waals surface area contributed by atoms with Gasteiger partial charge in [-0.25, -0.2) is 4.39 Å². The normalized spacial score (nSPS) is 10.5. The Labute approximate surface area is 177 Å². The van der Waals surface area contributed by atoms with Gasteiger partial charge in [0.1, 0.15) is 17.3 Å². The Balaban J connectivity index is 1.43. The third kappa shape index (κ3) is 4.69. The van der Waals surface area contributed by atoms with Crippen LogP contribution in [0.3, 0.4) is 0 Å². The van der Waals surface area contributed by atoms with Crippen molar-refractivity contribution in [3.8, 4) is 34.3 Å². The predicted octanol–water partition coefficient (Wildman–Crippen LogP) is 4.57. The summed E-state index contributed by atoms with van der Waals surface area (Å²) in [6.07, 6.45) is 0. The number of para-hydroxylation sites is 2. The molecule has 1 N–H and O–H groups in total. The zero-order valence-corrected chi connectivity index (χ0v) is 16.5. The molecule has 0 aliphatic rings. The van der Waals surface area contributed by atoms with Crippen LogP contribution in [-0.4, -0.2) is 29.8 Å². The maximum absolute atomic E-state index is 13.9. The van der Waals surface area contributed by atoms with E-state index in [1.165, 1.54) is 13.2 Å². The lowest BCUT2D eigenvalue weighted by Gasteiger charge is -2.10. The molecular formula is C23H18FN3O4. The number of amides is 1. The smallest absolute Gasteiger partial charge is 0.262 e. The summed E-state index contributed by atoms with van der Waals surface area (Å²) >= 11 is 0. The summed E-state index contributed by atoms with van der Waals surface area (Å²) in [7, 11) is 1.53. The Bertz CT molecular complexity index is 1210. The Morgan fingerprint density at radius 1 is 1.06 bits per heavy atom. The van der Waals surface area contributed by atoms with Crippen LogP contribution >= 0.6 is 0 Å². The molecule has 4 rings (SSSR count). The van der Waals surface area contributed by atoms with Gasteiger partial charge in [-0.1, -0.05) is 41.6 Å². The fourth-order valence-electron chi connectivity index (χ4n) is 2.89. The Hall–Kier alpha value is -4.20. The number of hydrogen-bond acceptors (Lipinski definition) is 6. The lowest BCUT2D eigenvalue weighted by atomic mass is 10.2. The first-order valence-corrected chi connectivity index (χ1v) is 9.39. The first kappa shape index (κ1) is 20.1. The molecule has 0 atom stereocenters. The number of nitrogens with zero attached hydrogens (tertiary/aromatic N) is 2. The molecule has 156 valence electrons. The van der Waals surface area contributed by atoms with Crippen LogP contribution in [0.4, 0.5) is 10.1 Å². The Kier molecular flexibility index (Phi) is 5.89. The first-order valence-electron chi connectivity index (χ1n) is 9.39. The van der Waals surface area contributed by atoms with E-state index in [0.717, 1.165) is 0 Å². The van der Waals surface area contributed by atoms with E-state index in [0.29, 0.717) is 22.7 Å². The summed E-state index contributed by atoms with van der Waals surface area (Å²) in [5.41, 5.74) is 1.38. The largest absolute Gasteiger partial charge is 0.495 e. The quantitative estimate of drug-likeness (QED) is 0.472. The number of halogens is 1. The van der Waals surface area contributed by atoms with E-state index in [4.69, 9.17) is 14.0 Å². The monoisotopic (exact) mass is 419 g/mol. The second-order valence-electron chi connectivity index (χ2n) is 6.47. The lowest BCUT2D eigenvalue weighted by Crippen LogP contribution is -2.20. The maximum atomic E-state index is 13.9. The van der Waals surface area contributed by atoms with E-state index in [-0.39, 0.29) is 29.8 Å². The molecule has 1 heterocycles. The number of aromatic nitrogens is 2. The van der Waals surface area contributed by atoms with E-state index in [1.54, 1.807) is 60.7 Å². The number of rotatable bonds is 7. The topological polar surface area (TPSA) is 86.5 Å². The summed E-state index contributed by atoms with van der Waals surface area (Å²) < 4.78 is 29.9. The van der Waals surface area contributed by atoms with Crippen molar-refractivity contribution >= 4 is 11.6 Å². The van der Waals surface area contributed by atoms with Gasteiger partial charge in [0.25, 0.3) is 11.8 Å². The molecule has 31 heavy (non-hydrogen) atoms. The first-order chi connectivity index (χ1) is 15.1. The van der Waals surface area contributed by atoms with E-state index < -0.39 is 5.82 Å². The van der Waals surface area contributed by atoms with Crippen LogP contribution < -0.4 is 14.8 Å². The molecule has 0 fully saturated rings. The molecule has 0 saturated heterocycles. The van der Waals surface area contributed by atoms with Gasteiger partial charge in [0.2, 0.25) is 5.82 Å². The predicted molar refractivity (Wildman–Crippen MR) is 112 cm³/mol. The summed E-state index contributed by atoms with van der Waals surface area (Å²) in [5.74, 6) is 0.579. The third-order valence-corrected chi connectivity index (χ3v) is 4.37. The molecule has 0 bridgehead atoms. The summed E-state index contributed by atoms with van der Waals surface area (Å²) in [5, 5.41) is 6.65. The number of anilines is 1. The molecule has 0 aliphatic carbocycles. The molecule has 0 saturated carbocycles. The molecule has 0 aliphatic heterocycles. The molecule has 8 heteroatoms. The number of nitrogens with one attached hydrogen (secondary N) is 1. The van der Waals surface area contributed by atoms with Crippen LogP contribution in [0.25, 0.3) is 22.8 Å². The van der Waals surface area contributed by atoms with Crippen molar-refractivity contribution in [3.05, 3.63) is 78.6 Å². The van der Waals surface area contributed by atoms with Gasteiger partial charge < -0.3 is 19.3 Å². The zero-order chi connectivity index (χ0) is 21.6. The third-order valence-electron chi connectivity index (χ3n) is 4.37. The van der Waals surface area contributed by atoms with Gasteiger partial charge in [-0.15, -0.1) is 0 Å². The van der Waals surface area contributed by atoms with E-state index in [2.05, 4.69) is 15.5 Å². The van der Waals surface area contributed by atoms with Crippen molar-refractivity contribution in [2.75, 3.05) is 19.0 Å². The van der Waals surface area contributed by atoms with Crippen LogP contribution in [0, 0.1) is 5.82 Å². The number of benzene rings is 3. The minimum Gasteiger partial charge on any atom is -0.495 e. The van der Waals surface area contributed by atoms with Crippen LogP contribution in [0.2, 0.25) is 0 Å². The Morgan fingerprint density at radius 2 is 1.87 bits per heavy atom. The van der Waals surface area contributed by atoms with Crippen LogP contribution in [0.15, 0.2) is 77.3 Å². The molecule has 0 spiro atoms. The minimum absolute atomic E-state index is 0.0793. The average Bonchev–Trinajstić information content (AvgIpc) is 3.29. The van der Waals surface area contributed by atoms with Crippen molar-refractivity contribution in [2.45, 2.75) is 0 Å². The summed E-state index contributed by atoms with van der Waals surface area (Å²) in [4.78, 5) is 16.5. The fourth-order valence-corrected chi connectivity index (χ4v) is 2.89. The molecule has 1 aromatic heterocycles. The van der Waals surface area contributed by atoms with Crippen molar-refractivity contribution in [2.24, 2.45) is 0 Å². The highest BCUT2D eigenvalue weighted by Crippen LogP contribution is 2.26. The van der Waals surface area contributed by atoms with Gasteiger partial charge >= 0.3 is 0 Å². The van der Waals surface area contributed by atoms with Gasteiger partial charge in [-0.2, -0.15) is 4.98 Å². The van der Waals surface area contributed by atoms with Gasteiger partial charge in [0.05, 0.1) is 18.4 Å².